The first-order valence-electron chi connectivity index (χ1n) is 7.16. The molecule has 0 saturated carbocycles. The van der Waals surface area contributed by atoms with Crippen molar-refractivity contribution in [3.63, 3.8) is 0 Å². The van der Waals surface area contributed by atoms with Gasteiger partial charge in [0.05, 0.1) is 4.90 Å². The molecular weight excluding hydrogens is 272 g/mol. The van der Waals surface area contributed by atoms with Crippen LogP contribution in [0.15, 0.2) is 29.2 Å². The van der Waals surface area contributed by atoms with Crippen molar-refractivity contribution in [2.75, 3.05) is 6.54 Å². The van der Waals surface area contributed by atoms with E-state index in [-0.39, 0.29) is 6.04 Å². The smallest absolute Gasteiger partial charge is 0.240 e. The summed E-state index contributed by atoms with van der Waals surface area (Å²) in [5.74, 6) is 0.581. The first kappa shape index (κ1) is 17.1. The Bertz CT molecular complexity index is 495. The Morgan fingerprint density at radius 3 is 2.20 bits per heavy atom. The van der Waals surface area contributed by atoms with Crippen LogP contribution in [0.2, 0.25) is 0 Å². The van der Waals surface area contributed by atoms with E-state index in [4.69, 9.17) is 5.73 Å². The van der Waals surface area contributed by atoms with Gasteiger partial charge in [-0.2, -0.15) is 0 Å². The maximum absolute atomic E-state index is 12.2. The number of hydrogen-bond donors (Lipinski definition) is 2. The van der Waals surface area contributed by atoms with E-state index in [2.05, 4.69) is 18.6 Å². The summed E-state index contributed by atoms with van der Waals surface area (Å²) in [6, 6.07) is 6.87. The van der Waals surface area contributed by atoms with E-state index in [0.717, 1.165) is 24.8 Å². The monoisotopic (exact) mass is 298 g/mol. The molecule has 1 rings (SSSR count). The summed E-state index contributed by atoms with van der Waals surface area (Å²) in [7, 11) is -3.42. The standard InChI is InChI=1S/C15H26N2O2S/c1-12(2)4-5-13(3)17-20(18,19)15-8-6-14(7-9-15)10-11-16/h6-9,12-13,17H,4-5,10-11,16H2,1-3H3. The minimum atomic E-state index is -3.42. The fraction of sp³-hybridized carbons (Fsp3) is 0.600. The molecule has 5 heteroatoms. The lowest BCUT2D eigenvalue weighted by Crippen LogP contribution is -2.32. The van der Waals surface area contributed by atoms with Gasteiger partial charge in [-0.1, -0.05) is 26.0 Å². The highest BCUT2D eigenvalue weighted by molar-refractivity contribution is 7.89. The SMILES string of the molecule is CC(C)CCC(C)NS(=O)(=O)c1ccc(CCN)cc1. The number of hydrogen-bond acceptors (Lipinski definition) is 3. The topological polar surface area (TPSA) is 72.2 Å². The summed E-state index contributed by atoms with van der Waals surface area (Å²) >= 11 is 0. The summed E-state index contributed by atoms with van der Waals surface area (Å²) in [6.45, 7) is 6.74. The molecule has 0 aliphatic heterocycles. The Labute approximate surface area is 122 Å². The van der Waals surface area contributed by atoms with Gasteiger partial charge < -0.3 is 5.73 Å². The van der Waals surface area contributed by atoms with E-state index in [9.17, 15) is 8.42 Å². The summed E-state index contributed by atoms with van der Waals surface area (Å²) in [5.41, 5.74) is 6.53. The van der Waals surface area contributed by atoms with E-state index in [1.54, 1.807) is 12.1 Å². The van der Waals surface area contributed by atoms with Crippen LogP contribution < -0.4 is 10.5 Å². The van der Waals surface area contributed by atoms with Crippen molar-refractivity contribution in [2.45, 2.75) is 51.0 Å². The molecule has 1 aromatic carbocycles. The van der Waals surface area contributed by atoms with Gasteiger partial charge in [0, 0.05) is 6.04 Å². The lowest BCUT2D eigenvalue weighted by atomic mass is 10.1. The highest BCUT2D eigenvalue weighted by Crippen LogP contribution is 2.13. The third-order valence-electron chi connectivity index (χ3n) is 3.20. The Kier molecular flexibility index (Phi) is 6.65. The van der Waals surface area contributed by atoms with Crippen LogP contribution in [0.3, 0.4) is 0 Å². The van der Waals surface area contributed by atoms with Gasteiger partial charge in [-0.05, 0) is 56.3 Å². The number of nitrogens with two attached hydrogens (primary N) is 1. The molecule has 0 amide bonds. The molecule has 0 aromatic heterocycles. The second-order valence-corrected chi connectivity index (χ2v) is 7.39. The minimum absolute atomic E-state index is 0.0499. The molecule has 1 aromatic rings. The zero-order valence-corrected chi connectivity index (χ0v) is 13.4. The average molecular weight is 298 g/mol. The van der Waals surface area contributed by atoms with Crippen molar-refractivity contribution >= 4 is 10.0 Å². The molecule has 3 N–H and O–H groups in total. The van der Waals surface area contributed by atoms with Crippen molar-refractivity contribution in [2.24, 2.45) is 11.7 Å². The number of nitrogens with one attached hydrogen (secondary N) is 1. The first-order chi connectivity index (χ1) is 9.35. The number of benzene rings is 1. The molecule has 0 radical (unpaired) electrons. The number of rotatable bonds is 8. The summed E-state index contributed by atoms with van der Waals surface area (Å²) in [5, 5.41) is 0. The molecule has 114 valence electrons. The zero-order valence-electron chi connectivity index (χ0n) is 12.6. The fourth-order valence-electron chi connectivity index (χ4n) is 1.98. The predicted molar refractivity (Wildman–Crippen MR) is 83.1 cm³/mol. The van der Waals surface area contributed by atoms with Crippen molar-refractivity contribution in [3.8, 4) is 0 Å². The lowest BCUT2D eigenvalue weighted by Gasteiger charge is -2.15. The van der Waals surface area contributed by atoms with Crippen LogP contribution in [0.5, 0.6) is 0 Å². The molecule has 0 fully saturated rings. The molecule has 0 saturated heterocycles. The third-order valence-corrected chi connectivity index (χ3v) is 4.81. The quantitative estimate of drug-likeness (QED) is 0.773. The molecule has 1 unspecified atom stereocenters. The maximum Gasteiger partial charge on any atom is 0.240 e. The van der Waals surface area contributed by atoms with Gasteiger partial charge in [0.25, 0.3) is 0 Å². The average Bonchev–Trinajstić information content (AvgIpc) is 2.37. The molecule has 0 bridgehead atoms. The normalized spacial score (nSPS) is 13.7. The van der Waals surface area contributed by atoms with Gasteiger partial charge in [0.2, 0.25) is 10.0 Å². The molecule has 4 nitrogen and oxygen atoms in total. The second kappa shape index (κ2) is 7.76. The minimum Gasteiger partial charge on any atom is -0.330 e. The van der Waals surface area contributed by atoms with Gasteiger partial charge >= 0.3 is 0 Å². The van der Waals surface area contributed by atoms with E-state index in [0.29, 0.717) is 17.4 Å². The maximum atomic E-state index is 12.2. The summed E-state index contributed by atoms with van der Waals surface area (Å²) in [6.07, 6.45) is 2.62. The highest BCUT2D eigenvalue weighted by Gasteiger charge is 2.17. The van der Waals surface area contributed by atoms with Gasteiger partial charge in [0.1, 0.15) is 0 Å². The Morgan fingerprint density at radius 2 is 1.70 bits per heavy atom. The molecule has 1 atom stereocenters. The molecular formula is C15H26N2O2S. The van der Waals surface area contributed by atoms with Gasteiger partial charge in [-0.15, -0.1) is 0 Å². The second-order valence-electron chi connectivity index (χ2n) is 5.68. The molecule has 0 aliphatic carbocycles. The third kappa shape index (κ3) is 5.61. The van der Waals surface area contributed by atoms with Crippen molar-refractivity contribution in [1.29, 1.82) is 0 Å². The van der Waals surface area contributed by atoms with Crippen LogP contribution in [-0.2, 0) is 16.4 Å². The molecule has 0 heterocycles. The van der Waals surface area contributed by atoms with E-state index in [1.807, 2.05) is 19.1 Å². The van der Waals surface area contributed by atoms with Crippen LogP contribution in [-0.4, -0.2) is 21.0 Å². The van der Waals surface area contributed by atoms with Gasteiger partial charge in [-0.3, -0.25) is 0 Å². The van der Waals surface area contributed by atoms with Crippen LogP contribution >= 0.6 is 0 Å². The largest absolute Gasteiger partial charge is 0.330 e. The Morgan fingerprint density at radius 1 is 1.10 bits per heavy atom. The van der Waals surface area contributed by atoms with Crippen molar-refractivity contribution in [3.05, 3.63) is 29.8 Å². The van der Waals surface area contributed by atoms with E-state index < -0.39 is 10.0 Å². The van der Waals surface area contributed by atoms with Crippen molar-refractivity contribution < 1.29 is 8.42 Å². The summed E-state index contributed by atoms with van der Waals surface area (Å²) < 4.78 is 27.2. The van der Waals surface area contributed by atoms with Gasteiger partial charge in [0.15, 0.2) is 0 Å². The van der Waals surface area contributed by atoms with E-state index >= 15 is 0 Å². The Hall–Kier alpha value is -0.910. The lowest BCUT2D eigenvalue weighted by molar-refractivity contribution is 0.485. The first-order valence-corrected chi connectivity index (χ1v) is 8.65. The number of sulfonamides is 1. The zero-order chi connectivity index (χ0) is 15.2. The fourth-order valence-corrected chi connectivity index (χ4v) is 3.26. The summed E-state index contributed by atoms with van der Waals surface area (Å²) in [4.78, 5) is 0.315. The molecule has 0 aliphatic rings. The van der Waals surface area contributed by atoms with Crippen LogP contribution in [0, 0.1) is 5.92 Å². The van der Waals surface area contributed by atoms with Crippen LogP contribution in [0.4, 0.5) is 0 Å². The predicted octanol–water partition coefficient (Wildman–Crippen LogP) is 2.29. The Balaban J connectivity index is 2.68. The van der Waals surface area contributed by atoms with Gasteiger partial charge in [-0.25, -0.2) is 13.1 Å². The molecule has 0 spiro atoms. The van der Waals surface area contributed by atoms with Crippen LogP contribution in [0.25, 0.3) is 0 Å². The molecule has 20 heavy (non-hydrogen) atoms. The van der Waals surface area contributed by atoms with E-state index in [1.165, 1.54) is 0 Å². The van der Waals surface area contributed by atoms with Crippen LogP contribution in [0.1, 0.15) is 39.2 Å². The highest BCUT2D eigenvalue weighted by atomic mass is 32.2. The van der Waals surface area contributed by atoms with Crippen molar-refractivity contribution in [1.82, 2.24) is 4.72 Å².